The Balaban J connectivity index is 2.22. The van der Waals surface area contributed by atoms with Crippen molar-refractivity contribution in [3.8, 4) is 11.3 Å². The topological polar surface area (TPSA) is 57.8 Å². The zero-order valence-corrected chi connectivity index (χ0v) is 9.24. The minimum atomic E-state index is -0.0663. The highest BCUT2D eigenvalue weighted by molar-refractivity contribution is 5.88. The van der Waals surface area contributed by atoms with E-state index >= 15 is 0 Å². The van der Waals surface area contributed by atoms with Crippen molar-refractivity contribution in [3.63, 3.8) is 0 Å². The van der Waals surface area contributed by atoms with Crippen molar-refractivity contribution in [2.75, 3.05) is 5.32 Å². The molecule has 1 aromatic carbocycles. The standard InChI is InChI=1S/C12H13N3O/c1-8-7-12(15-14-8)10-3-5-11(6-4-10)13-9(2)16/h3-7H,1-2H3,(H,13,16)(H,14,15). The highest BCUT2D eigenvalue weighted by Gasteiger charge is 2.01. The Hall–Kier alpha value is -2.10. The summed E-state index contributed by atoms with van der Waals surface area (Å²) in [5, 5.41) is 9.78. The summed E-state index contributed by atoms with van der Waals surface area (Å²) >= 11 is 0. The van der Waals surface area contributed by atoms with Crippen LogP contribution in [-0.4, -0.2) is 16.1 Å². The Morgan fingerprint density at radius 1 is 1.31 bits per heavy atom. The van der Waals surface area contributed by atoms with Crippen LogP contribution >= 0.6 is 0 Å². The van der Waals surface area contributed by atoms with Crippen molar-refractivity contribution < 1.29 is 4.79 Å². The Morgan fingerprint density at radius 3 is 2.50 bits per heavy atom. The van der Waals surface area contributed by atoms with Gasteiger partial charge < -0.3 is 5.32 Å². The van der Waals surface area contributed by atoms with Gasteiger partial charge in [0.25, 0.3) is 0 Å². The van der Waals surface area contributed by atoms with Gasteiger partial charge in [0, 0.05) is 23.9 Å². The summed E-state index contributed by atoms with van der Waals surface area (Å²) in [7, 11) is 0. The van der Waals surface area contributed by atoms with Crippen LogP contribution in [0.2, 0.25) is 0 Å². The number of hydrogen-bond acceptors (Lipinski definition) is 2. The molecule has 1 heterocycles. The molecule has 0 radical (unpaired) electrons. The number of nitrogens with one attached hydrogen (secondary N) is 2. The molecule has 0 aliphatic rings. The van der Waals surface area contributed by atoms with Crippen molar-refractivity contribution in [2.24, 2.45) is 0 Å². The van der Waals surface area contributed by atoms with Crippen molar-refractivity contribution >= 4 is 11.6 Å². The smallest absolute Gasteiger partial charge is 0.221 e. The van der Waals surface area contributed by atoms with Crippen molar-refractivity contribution in [2.45, 2.75) is 13.8 Å². The van der Waals surface area contributed by atoms with E-state index in [4.69, 9.17) is 0 Å². The first-order valence-corrected chi connectivity index (χ1v) is 5.05. The maximum absolute atomic E-state index is 10.8. The van der Waals surface area contributed by atoms with Crippen LogP contribution in [0.4, 0.5) is 5.69 Å². The van der Waals surface area contributed by atoms with Gasteiger partial charge in [0.05, 0.1) is 5.69 Å². The molecule has 0 aliphatic carbocycles. The highest BCUT2D eigenvalue weighted by atomic mass is 16.1. The predicted octanol–water partition coefficient (Wildman–Crippen LogP) is 2.34. The molecule has 0 saturated carbocycles. The fraction of sp³-hybridized carbons (Fsp3) is 0.167. The average Bonchev–Trinajstić information content (AvgIpc) is 2.65. The van der Waals surface area contributed by atoms with Gasteiger partial charge in [-0.25, -0.2) is 0 Å². The summed E-state index contributed by atoms with van der Waals surface area (Å²) in [6, 6.07) is 9.57. The normalized spacial score (nSPS) is 10.1. The molecule has 2 aromatic rings. The SMILES string of the molecule is CC(=O)Nc1ccc(-c2cc(C)[nH]n2)cc1. The van der Waals surface area contributed by atoms with Gasteiger partial charge in [0.2, 0.25) is 5.91 Å². The summed E-state index contributed by atoms with van der Waals surface area (Å²) < 4.78 is 0. The van der Waals surface area contributed by atoms with Gasteiger partial charge in [-0.1, -0.05) is 12.1 Å². The second kappa shape index (κ2) is 4.18. The van der Waals surface area contributed by atoms with Gasteiger partial charge in [0.15, 0.2) is 0 Å². The number of anilines is 1. The summed E-state index contributed by atoms with van der Waals surface area (Å²) in [4.78, 5) is 10.8. The number of H-pyrrole nitrogens is 1. The lowest BCUT2D eigenvalue weighted by Gasteiger charge is -2.02. The van der Waals surface area contributed by atoms with Gasteiger partial charge in [-0.3, -0.25) is 9.89 Å². The minimum Gasteiger partial charge on any atom is -0.326 e. The van der Waals surface area contributed by atoms with Gasteiger partial charge >= 0.3 is 0 Å². The zero-order valence-electron chi connectivity index (χ0n) is 9.24. The molecule has 82 valence electrons. The average molecular weight is 215 g/mol. The van der Waals surface area contributed by atoms with E-state index in [-0.39, 0.29) is 5.91 Å². The van der Waals surface area contributed by atoms with Gasteiger partial charge in [-0.2, -0.15) is 5.10 Å². The van der Waals surface area contributed by atoms with Crippen molar-refractivity contribution in [1.29, 1.82) is 0 Å². The van der Waals surface area contributed by atoms with Crippen LogP contribution in [0.15, 0.2) is 30.3 Å². The molecule has 4 nitrogen and oxygen atoms in total. The number of aryl methyl sites for hydroxylation is 1. The summed E-state index contributed by atoms with van der Waals surface area (Å²) in [6.07, 6.45) is 0. The lowest BCUT2D eigenvalue weighted by molar-refractivity contribution is -0.114. The monoisotopic (exact) mass is 215 g/mol. The third-order valence-electron chi connectivity index (χ3n) is 2.21. The van der Waals surface area contributed by atoms with Crippen LogP contribution in [0.25, 0.3) is 11.3 Å². The molecule has 0 fully saturated rings. The molecule has 1 amide bonds. The summed E-state index contributed by atoms with van der Waals surface area (Å²) in [6.45, 7) is 3.45. The molecule has 16 heavy (non-hydrogen) atoms. The molecular weight excluding hydrogens is 202 g/mol. The molecule has 2 rings (SSSR count). The van der Waals surface area contributed by atoms with Gasteiger partial charge in [-0.05, 0) is 25.1 Å². The summed E-state index contributed by atoms with van der Waals surface area (Å²) in [5.41, 5.74) is 3.76. The number of rotatable bonds is 2. The number of benzene rings is 1. The largest absolute Gasteiger partial charge is 0.326 e. The van der Waals surface area contributed by atoms with Crippen LogP contribution in [0.1, 0.15) is 12.6 Å². The van der Waals surface area contributed by atoms with Crippen LogP contribution in [0.3, 0.4) is 0 Å². The summed E-state index contributed by atoms with van der Waals surface area (Å²) in [5.74, 6) is -0.0663. The first-order chi connectivity index (χ1) is 7.65. The van der Waals surface area contributed by atoms with E-state index in [0.29, 0.717) is 0 Å². The predicted molar refractivity (Wildman–Crippen MR) is 63.1 cm³/mol. The number of nitrogens with zero attached hydrogens (tertiary/aromatic N) is 1. The van der Waals surface area contributed by atoms with E-state index in [1.807, 2.05) is 37.3 Å². The molecule has 0 unspecified atom stereocenters. The number of aromatic nitrogens is 2. The maximum atomic E-state index is 10.8. The number of carbonyl (C=O) groups is 1. The van der Waals surface area contributed by atoms with Crippen LogP contribution in [-0.2, 0) is 4.79 Å². The fourth-order valence-corrected chi connectivity index (χ4v) is 1.49. The second-order valence-electron chi connectivity index (χ2n) is 3.69. The quantitative estimate of drug-likeness (QED) is 0.807. The Kier molecular flexibility index (Phi) is 2.72. The lowest BCUT2D eigenvalue weighted by atomic mass is 10.1. The number of carbonyl (C=O) groups excluding carboxylic acids is 1. The molecule has 0 aliphatic heterocycles. The molecule has 2 N–H and O–H groups in total. The van der Waals surface area contributed by atoms with E-state index in [1.54, 1.807) is 0 Å². The first-order valence-electron chi connectivity index (χ1n) is 5.05. The molecule has 4 heteroatoms. The van der Waals surface area contributed by atoms with Gasteiger partial charge in [-0.15, -0.1) is 0 Å². The first kappa shape index (κ1) is 10.4. The van der Waals surface area contributed by atoms with E-state index in [9.17, 15) is 4.79 Å². The van der Waals surface area contributed by atoms with E-state index in [1.165, 1.54) is 6.92 Å². The Labute approximate surface area is 93.7 Å². The Morgan fingerprint density at radius 2 is 2.00 bits per heavy atom. The maximum Gasteiger partial charge on any atom is 0.221 e. The third-order valence-corrected chi connectivity index (χ3v) is 2.21. The molecule has 0 atom stereocenters. The van der Waals surface area contributed by atoms with Gasteiger partial charge in [0.1, 0.15) is 0 Å². The zero-order chi connectivity index (χ0) is 11.5. The van der Waals surface area contributed by atoms with E-state index in [2.05, 4.69) is 15.5 Å². The fourth-order valence-electron chi connectivity index (χ4n) is 1.49. The van der Waals surface area contributed by atoms with Crippen LogP contribution < -0.4 is 5.32 Å². The number of hydrogen-bond donors (Lipinski definition) is 2. The van der Waals surface area contributed by atoms with Crippen molar-refractivity contribution in [3.05, 3.63) is 36.0 Å². The van der Waals surface area contributed by atoms with E-state index in [0.717, 1.165) is 22.6 Å². The Bertz CT molecular complexity index is 499. The molecule has 0 spiro atoms. The molecule has 0 saturated heterocycles. The highest BCUT2D eigenvalue weighted by Crippen LogP contribution is 2.19. The van der Waals surface area contributed by atoms with E-state index < -0.39 is 0 Å². The number of aromatic amines is 1. The molecule has 1 aromatic heterocycles. The lowest BCUT2D eigenvalue weighted by Crippen LogP contribution is -2.05. The van der Waals surface area contributed by atoms with Crippen LogP contribution in [0, 0.1) is 6.92 Å². The van der Waals surface area contributed by atoms with Crippen molar-refractivity contribution in [1.82, 2.24) is 10.2 Å². The molecule has 0 bridgehead atoms. The molecular formula is C12H13N3O. The third kappa shape index (κ3) is 2.28. The second-order valence-corrected chi connectivity index (χ2v) is 3.69. The number of amides is 1. The minimum absolute atomic E-state index is 0.0663. The van der Waals surface area contributed by atoms with Crippen LogP contribution in [0.5, 0.6) is 0 Å².